The van der Waals surface area contributed by atoms with E-state index in [-0.39, 0.29) is 0 Å². The summed E-state index contributed by atoms with van der Waals surface area (Å²) in [5, 5.41) is 0.952. The molecule has 0 saturated carbocycles. The standard InChI is InChI=1S/C11H18BrN3/c1-3-4-8-15(9-6-12)11-13-7-5-10(2)14-11/h5,7H,3-4,6,8-9H2,1-2H3. The lowest BCUT2D eigenvalue weighted by atomic mass is 10.3. The number of unbranched alkanes of at least 4 members (excludes halogenated alkanes) is 1. The Morgan fingerprint density at radius 1 is 1.40 bits per heavy atom. The summed E-state index contributed by atoms with van der Waals surface area (Å²) in [5.74, 6) is 0.850. The van der Waals surface area contributed by atoms with Crippen molar-refractivity contribution in [2.24, 2.45) is 0 Å². The van der Waals surface area contributed by atoms with Crippen LogP contribution in [0.5, 0.6) is 0 Å². The number of anilines is 1. The van der Waals surface area contributed by atoms with Gasteiger partial charge in [0.15, 0.2) is 0 Å². The molecule has 0 radical (unpaired) electrons. The van der Waals surface area contributed by atoms with Crippen molar-refractivity contribution < 1.29 is 0 Å². The van der Waals surface area contributed by atoms with Gasteiger partial charge in [-0.1, -0.05) is 29.3 Å². The topological polar surface area (TPSA) is 29.0 Å². The van der Waals surface area contributed by atoms with E-state index < -0.39 is 0 Å². The fourth-order valence-corrected chi connectivity index (χ4v) is 1.78. The van der Waals surface area contributed by atoms with E-state index in [4.69, 9.17) is 0 Å². The molecular weight excluding hydrogens is 254 g/mol. The smallest absolute Gasteiger partial charge is 0.225 e. The number of aryl methyl sites for hydroxylation is 1. The van der Waals surface area contributed by atoms with Crippen molar-refractivity contribution in [2.75, 3.05) is 23.3 Å². The summed E-state index contributed by atoms with van der Waals surface area (Å²) in [6.07, 6.45) is 4.21. The first-order valence-corrected chi connectivity index (χ1v) is 6.50. The summed E-state index contributed by atoms with van der Waals surface area (Å²) in [5.41, 5.74) is 1.02. The van der Waals surface area contributed by atoms with E-state index in [1.807, 2.05) is 19.2 Å². The van der Waals surface area contributed by atoms with Gasteiger partial charge in [-0.05, 0) is 19.4 Å². The summed E-state index contributed by atoms with van der Waals surface area (Å²) in [6, 6.07) is 1.93. The Morgan fingerprint density at radius 3 is 2.80 bits per heavy atom. The Bertz CT molecular complexity index is 291. The molecule has 1 aromatic rings. The molecule has 4 heteroatoms. The van der Waals surface area contributed by atoms with Crippen molar-refractivity contribution in [2.45, 2.75) is 26.7 Å². The van der Waals surface area contributed by atoms with E-state index in [9.17, 15) is 0 Å². The van der Waals surface area contributed by atoms with Gasteiger partial charge >= 0.3 is 0 Å². The van der Waals surface area contributed by atoms with Gasteiger partial charge in [-0.2, -0.15) is 0 Å². The third kappa shape index (κ3) is 4.16. The molecule has 0 unspecified atom stereocenters. The summed E-state index contributed by atoms with van der Waals surface area (Å²) in [6.45, 7) is 6.19. The van der Waals surface area contributed by atoms with E-state index in [1.165, 1.54) is 12.8 Å². The predicted octanol–water partition coefficient (Wildman–Crippen LogP) is 2.79. The van der Waals surface area contributed by atoms with Crippen molar-refractivity contribution in [3.8, 4) is 0 Å². The number of rotatable bonds is 6. The average molecular weight is 272 g/mol. The van der Waals surface area contributed by atoms with Crippen LogP contribution < -0.4 is 4.90 Å². The molecule has 0 fully saturated rings. The Balaban J connectivity index is 2.69. The van der Waals surface area contributed by atoms with Crippen LogP contribution in [0.15, 0.2) is 12.3 Å². The highest BCUT2D eigenvalue weighted by Gasteiger charge is 2.07. The lowest BCUT2D eigenvalue weighted by molar-refractivity contribution is 0.715. The van der Waals surface area contributed by atoms with E-state index in [1.54, 1.807) is 0 Å². The molecule has 0 saturated heterocycles. The van der Waals surface area contributed by atoms with Crippen molar-refractivity contribution in [3.05, 3.63) is 18.0 Å². The maximum absolute atomic E-state index is 4.44. The Kier molecular flexibility index (Phi) is 5.61. The first-order chi connectivity index (χ1) is 7.27. The maximum Gasteiger partial charge on any atom is 0.225 e. The summed E-state index contributed by atoms with van der Waals surface area (Å²) < 4.78 is 0. The largest absolute Gasteiger partial charge is 0.340 e. The first kappa shape index (κ1) is 12.4. The van der Waals surface area contributed by atoms with Crippen LogP contribution in [0.4, 0.5) is 5.95 Å². The van der Waals surface area contributed by atoms with Crippen LogP contribution in [-0.2, 0) is 0 Å². The van der Waals surface area contributed by atoms with Gasteiger partial charge in [0.1, 0.15) is 0 Å². The monoisotopic (exact) mass is 271 g/mol. The van der Waals surface area contributed by atoms with Gasteiger partial charge in [-0.3, -0.25) is 0 Å². The third-order valence-electron chi connectivity index (χ3n) is 2.20. The third-order valence-corrected chi connectivity index (χ3v) is 2.56. The Hall–Kier alpha value is -0.640. The molecular formula is C11H18BrN3. The van der Waals surface area contributed by atoms with Crippen molar-refractivity contribution in [3.63, 3.8) is 0 Å². The van der Waals surface area contributed by atoms with Crippen LogP contribution in [0.2, 0.25) is 0 Å². The van der Waals surface area contributed by atoms with Gasteiger partial charge in [-0.25, -0.2) is 9.97 Å². The van der Waals surface area contributed by atoms with Gasteiger partial charge in [0, 0.05) is 30.3 Å². The van der Waals surface area contributed by atoms with Crippen LogP contribution >= 0.6 is 15.9 Å². The fourth-order valence-electron chi connectivity index (χ4n) is 1.35. The number of halogens is 1. The second-order valence-corrected chi connectivity index (χ2v) is 4.32. The zero-order valence-corrected chi connectivity index (χ0v) is 11.0. The minimum absolute atomic E-state index is 0.850. The Labute approximate surface area is 100 Å². The highest BCUT2D eigenvalue weighted by Crippen LogP contribution is 2.08. The second kappa shape index (κ2) is 6.77. The van der Waals surface area contributed by atoms with Crippen LogP contribution in [0.3, 0.4) is 0 Å². The van der Waals surface area contributed by atoms with Crippen LogP contribution in [0, 0.1) is 6.92 Å². The van der Waals surface area contributed by atoms with Crippen LogP contribution in [0.1, 0.15) is 25.5 Å². The number of nitrogens with zero attached hydrogens (tertiary/aromatic N) is 3. The van der Waals surface area contributed by atoms with Gasteiger partial charge in [0.2, 0.25) is 5.95 Å². The van der Waals surface area contributed by atoms with Gasteiger partial charge in [0.05, 0.1) is 0 Å². The molecule has 0 spiro atoms. The average Bonchev–Trinajstić information content (AvgIpc) is 2.24. The maximum atomic E-state index is 4.44. The Morgan fingerprint density at radius 2 is 2.20 bits per heavy atom. The molecule has 0 aliphatic carbocycles. The molecule has 0 aliphatic rings. The first-order valence-electron chi connectivity index (χ1n) is 5.38. The lowest BCUT2D eigenvalue weighted by Crippen LogP contribution is -2.28. The van der Waals surface area contributed by atoms with E-state index in [0.29, 0.717) is 0 Å². The molecule has 1 heterocycles. The number of alkyl halides is 1. The molecule has 1 aromatic heterocycles. The number of hydrogen-bond acceptors (Lipinski definition) is 3. The quantitative estimate of drug-likeness (QED) is 0.746. The molecule has 0 aliphatic heterocycles. The molecule has 0 aromatic carbocycles. The summed E-state index contributed by atoms with van der Waals surface area (Å²) in [7, 11) is 0. The second-order valence-electron chi connectivity index (χ2n) is 3.53. The van der Waals surface area contributed by atoms with E-state index in [0.717, 1.165) is 30.1 Å². The van der Waals surface area contributed by atoms with Crippen molar-refractivity contribution in [1.29, 1.82) is 0 Å². The van der Waals surface area contributed by atoms with Gasteiger partial charge in [-0.15, -0.1) is 0 Å². The highest BCUT2D eigenvalue weighted by molar-refractivity contribution is 9.09. The fraction of sp³-hybridized carbons (Fsp3) is 0.636. The van der Waals surface area contributed by atoms with Crippen LogP contribution in [-0.4, -0.2) is 28.4 Å². The molecule has 3 nitrogen and oxygen atoms in total. The van der Waals surface area contributed by atoms with Crippen molar-refractivity contribution >= 4 is 21.9 Å². The SMILES string of the molecule is CCCCN(CCBr)c1nccc(C)n1. The number of hydrogen-bond donors (Lipinski definition) is 0. The van der Waals surface area contributed by atoms with Gasteiger partial charge < -0.3 is 4.90 Å². The normalized spacial score (nSPS) is 10.3. The minimum Gasteiger partial charge on any atom is -0.340 e. The van der Waals surface area contributed by atoms with Crippen molar-refractivity contribution in [1.82, 2.24) is 9.97 Å². The summed E-state index contributed by atoms with van der Waals surface area (Å²) >= 11 is 3.46. The molecule has 84 valence electrons. The van der Waals surface area contributed by atoms with E-state index in [2.05, 4.69) is 37.7 Å². The van der Waals surface area contributed by atoms with E-state index >= 15 is 0 Å². The number of aromatic nitrogens is 2. The molecule has 0 amide bonds. The molecule has 1 rings (SSSR count). The summed E-state index contributed by atoms with van der Waals surface area (Å²) in [4.78, 5) is 11.0. The highest BCUT2D eigenvalue weighted by atomic mass is 79.9. The molecule has 0 atom stereocenters. The molecule has 0 bridgehead atoms. The zero-order valence-electron chi connectivity index (χ0n) is 9.41. The zero-order chi connectivity index (χ0) is 11.1. The molecule has 0 N–H and O–H groups in total. The predicted molar refractivity (Wildman–Crippen MR) is 67.7 cm³/mol. The minimum atomic E-state index is 0.850. The van der Waals surface area contributed by atoms with Crippen LogP contribution in [0.25, 0.3) is 0 Å². The molecule has 15 heavy (non-hydrogen) atoms. The lowest BCUT2D eigenvalue weighted by Gasteiger charge is -2.21. The van der Waals surface area contributed by atoms with Gasteiger partial charge in [0.25, 0.3) is 0 Å².